The highest BCUT2D eigenvalue weighted by Gasteiger charge is 2.32. The van der Waals surface area contributed by atoms with Gasteiger partial charge in [0.1, 0.15) is 10.6 Å². The number of aromatic nitrogens is 5. The van der Waals surface area contributed by atoms with Gasteiger partial charge in [-0.05, 0) is 50.2 Å². The predicted octanol–water partition coefficient (Wildman–Crippen LogP) is 3.12. The van der Waals surface area contributed by atoms with Crippen LogP contribution >= 0.6 is 11.5 Å². The summed E-state index contributed by atoms with van der Waals surface area (Å²) in [5.74, 6) is 1.39. The number of carbonyl (C=O) groups excluding carboxylic acids is 1. The van der Waals surface area contributed by atoms with E-state index in [0.29, 0.717) is 23.9 Å². The normalized spacial score (nSPS) is 20.2. The molecule has 2 aliphatic rings. The molecule has 0 bridgehead atoms. The molecular weight excluding hydrogens is 364 g/mol. The SMILES string of the molecule is Cc1cc(-c2snnc2C2CCCN(C(=O)c3cc(C4CC4)[nH]n3)C2)on1. The Morgan fingerprint density at radius 2 is 2.19 bits per heavy atom. The van der Waals surface area contributed by atoms with Crippen molar-refractivity contribution in [3.05, 3.63) is 34.9 Å². The molecule has 1 atom stereocenters. The lowest BCUT2D eigenvalue weighted by atomic mass is 9.93. The zero-order valence-electron chi connectivity index (χ0n) is 15.0. The van der Waals surface area contributed by atoms with Gasteiger partial charge in [0.25, 0.3) is 5.91 Å². The molecular formula is C18H20N6O2S. The average Bonchev–Trinajstić information content (AvgIpc) is 3.10. The molecule has 1 aliphatic heterocycles. The molecule has 8 nitrogen and oxygen atoms in total. The highest BCUT2D eigenvalue weighted by molar-refractivity contribution is 7.09. The highest BCUT2D eigenvalue weighted by atomic mass is 32.1. The van der Waals surface area contributed by atoms with Crippen LogP contribution < -0.4 is 0 Å². The fraction of sp³-hybridized carbons (Fsp3) is 0.500. The number of nitrogens with zero attached hydrogens (tertiary/aromatic N) is 5. The number of nitrogens with one attached hydrogen (secondary N) is 1. The van der Waals surface area contributed by atoms with Crippen molar-refractivity contribution in [3.8, 4) is 10.6 Å². The van der Waals surface area contributed by atoms with E-state index in [1.807, 2.05) is 24.0 Å². The van der Waals surface area contributed by atoms with Crippen LogP contribution in [0.4, 0.5) is 0 Å². The summed E-state index contributed by atoms with van der Waals surface area (Å²) in [5, 5.41) is 15.6. The van der Waals surface area contributed by atoms with Gasteiger partial charge in [0.15, 0.2) is 5.76 Å². The number of hydrogen-bond donors (Lipinski definition) is 1. The molecule has 1 unspecified atom stereocenters. The maximum absolute atomic E-state index is 12.9. The number of aromatic amines is 1. The molecule has 0 aromatic carbocycles. The average molecular weight is 384 g/mol. The van der Waals surface area contributed by atoms with E-state index in [1.165, 1.54) is 24.4 Å². The number of likely N-dealkylation sites (tertiary alicyclic amines) is 1. The number of hydrogen-bond acceptors (Lipinski definition) is 7. The Balaban J connectivity index is 1.35. The van der Waals surface area contributed by atoms with E-state index in [9.17, 15) is 4.79 Å². The summed E-state index contributed by atoms with van der Waals surface area (Å²) in [4.78, 5) is 15.7. The van der Waals surface area contributed by atoms with Crippen molar-refractivity contribution in [2.24, 2.45) is 0 Å². The van der Waals surface area contributed by atoms with Crippen LogP contribution in [0.2, 0.25) is 0 Å². The van der Waals surface area contributed by atoms with Crippen molar-refractivity contribution in [2.75, 3.05) is 13.1 Å². The van der Waals surface area contributed by atoms with Gasteiger partial charge in [-0.25, -0.2) is 0 Å². The van der Waals surface area contributed by atoms with Crippen molar-refractivity contribution < 1.29 is 9.32 Å². The Morgan fingerprint density at radius 3 is 2.96 bits per heavy atom. The number of amides is 1. The zero-order valence-corrected chi connectivity index (χ0v) is 15.8. The lowest BCUT2D eigenvalue weighted by molar-refractivity contribution is 0.0700. The molecule has 1 amide bonds. The second-order valence-electron chi connectivity index (χ2n) is 7.39. The van der Waals surface area contributed by atoms with Crippen LogP contribution in [0.3, 0.4) is 0 Å². The van der Waals surface area contributed by atoms with Gasteiger partial charge in [-0.2, -0.15) is 5.10 Å². The molecule has 5 rings (SSSR count). The third-order valence-electron chi connectivity index (χ3n) is 5.29. The first-order valence-corrected chi connectivity index (χ1v) is 10.1. The van der Waals surface area contributed by atoms with Crippen LogP contribution in [0.25, 0.3) is 10.6 Å². The maximum atomic E-state index is 12.9. The number of rotatable bonds is 4. The second kappa shape index (κ2) is 6.56. The first kappa shape index (κ1) is 16.6. The third kappa shape index (κ3) is 3.16. The Kier molecular flexibility index (Phi) is 4.04. The molecule has 27 heavy (non-hydrogen) atoms. The van der Waals surface area contributed by atoms with E-state index < -0.39 is 0 Å². The second-order valence-corrected chi connectivity index (χ2v) is 8.15. The first-order chi connectivity index (χ1) is 13.2. The molecule has 1 N–H and O–H groups in total. The summed E-state index contributed by atoms with van der Waals surface area (Å²) in [6.45, 7) is 3.26. The summed E-state index contributed by atoms with van der Waals surface area (Å²) in [6, 6.07) is 3.81. The minimum atomic E-state index is -0.0110. The molecule has 3 aromatic heterocycles. The molecule has 1 saturated heterocycles. The van der Waals surface area contributed by atoms with Crippen LogP contribution in [0, 0.1) is 6.92 Å². The van der Waals surface area contributed by atoms with E-state index in [2.05, 4.69) is 24.9 Å². The van der Waals surface area contributed by atoms with Gasteiger partial charge in [0, 0.05) is 36.7 Å². The minimum Gasteiger partial charge on any atom is -0.355 e. The Bertz CT molecular complexity index is 972. The molecule has 140 valence electrons. The third-order valence-corrected chi connectivity index (χ3v) is 6.05. The van der Waals surface area contributed by atoms with Crippen molar-refractivity contribution in [2.45, 2.75) is 44.4 Å². The Hall–Kier alpha value is -2.55. The van der Waals surface area contributed by atoms with E-state index in [-0.39, 0.29) is 11.8 Å². The minimum absolute atomic E-state index is 0.0110. The van der Waals surface area contributed by atoms with Crippen molar-refractivity contribution in [1.29, 1.82) is 0 Å². The number of aryl methyl sites for hydroxylation is 1. The van der Waals surface area contributed by atoms with Gasteiger partial charge >= 0.3 is 0 Å². The van der Waals surface area contributed by atoms with Crippen LogP contribution in [-0.4, -0.2) is 48.8 Å². The lowest BCUT2D eigenvalue weighted by Crippen LogP contribution is -2.39. The number of piperidine rings is 1. The molecule has 1 saturated carbocycles. The van der Waals surface area contributed by atoms with Crippen molar-refractivity contribution in [1.82, 2.24) is 29.8 Å². The molecule has 1 aliphatic carbocycles. The predicted molar refractivity (Wildman–Crippen MR) is 98.6 cm³/mol. The standard InChI is InChI=1S/C18H20N6O2S/c1-10-7-15(26-22-10)17-16(21-23-27-17)12-3-2-6-24(9-12)18(25)14-8-13(19-20-14)11-4-5-11/h7-8,11-12H,2-6,9H2,1H3,(H,19,20). The smallest absolute Gasteiger partial charge is 0.274 e. The molecule has 3 aromatic rings. The van der Waals surface area contributed by atoms with Crippen LogP contribution in [0.1, 0.15) is 65.1 Å². The van der Waals surface area contributed by atoms with Crippen LogP contribution in [0.15, 0.2) is 16.7 Å². The van der Waals surface area contributed by atoms with Crippen molar-refractivity contribution >= 4 is 17.4 Å². The number of H-pyrrole nitrogens is 1. The van der Waals surface area contributed by atoms with Crippen LogP contribution in [-0.2, 0) is 0 Å². The lowest BCUT2D eigenvalue weighted by Gasteiger charge is -2.31. The quantitative estimate of drug-likeness (QED) is 0.742. The summed E-state index contributed by atoms with van der Waals surface area (Å²) in [7, 11) is 0. The van der Waals surface area contributed by atoms with Crippen LogP contribution in [0.5, 0.6) is 0 Å². The number of carbonyl (C=O) groups is 1. The zero-order chi connectivity index (χ0) is 18.4. The Labute approximate surface area is 160 Å². The summed E-state index contributed by atoms with van der Waals surface area (Å²) in [5.41, 5.74) is 3.32. The van der Waals surface area contributed by atoms with Gasteiger partial charge in [0.2, 0.25) is 0 Å². The maximum Gasteiger partial charge on any atom is 0.274 e. The van der Waals surface area contributed by atoms with Gasteiger partial charge < -0.3 is 9.42 Å². The fourth-order valence-electron chi connectivity index (χ4n) is 3.70. The van der Waals surface area contributed by atoms with E-state index in [0.717, 1.165) is 41.3 Å². The van der Waals surface area contributed by atoms with Gasteiger partial charge in [-0.3, -0.25) is 9.89 Å². The topological polar surface area (TPSA) is 101 Å². The van der Waals surface area contributed by atoms with E-state index >= 15 is 0 Å². The largest absolute Gasteiger partial charge is 0.355 e. The van der Waals surface area contributed by atoms with Gasteiger partial charge in [0.05, 0.1) is 11.4 Å². The van der Waals surface area contributed by atoms with Gasteiger partial charge in [-0.15, -0.1) is 5.10 Å². The molecule has 0 radical (unpaired) electrons. The molecule has 9 heteroatoms. The van der Waals surface area contributed by atoms with E-state index in [1.54, 1.807) is 0 Å². The van der Waals surface area contributed by atoms with E-state index in [4.69, 9.17) is 4.52 Å². The summed E-state index contributed by atoms with van der Waals surface area (Å²) in [6.07, 6.45) is 4.27. The molecule has 0 spiro atoms. The molecule has 2 fully saturated rings. The van der Waals surface area contributed by atoms with Crippen molar-refractivity contribution in [3.63, 3.8) is 0 Å². The highest BCUT2D eigenvalue weighted by Crippen LogP contribution is 2.39. The Morgan fingerprint density at radius 1 is 1.30 bits per heavy atom. The monoisotopic (exact) mass is 384 g/mol. The fourth-order valence-corrected chi connectivity index (χ4v) is 4.40. The summed E-state index contributed by atoms with van der Waals surface area (Å²) < 4.78 is 9.52. The molecule has 4 heterocycles. The van der Waals surface area contributed by atoms with Gasteiger partial charge in [-0.1, -0.05) is 9.64 Å². The summed E-state index contributed by atoms with van der Waals surface area (Å²) >= 11 is 1.31. The first-order valence-electron chi connectivity index (χ1n) is 9.29.